The highest BCUT2D eigenvalue weighted by Crippen LogP contribution is 2.17. The Morgan fingerprint density at radius 1 is 1.14 bits per heavy atom. The molecule has 1 unspecified atom stereocenters. The Balaban J connectivity index is 1.40. The van der Waals surface area contributed by atoms with Crippen LogP contribution in [0.3, 0.4) is 0 Å². The Hall–Kier alpha value is -3.45. The molecule has 0 aliphatic carbocycles. The van der Waals surface area contributed by atoms with Crippen LogP contribution in [0.1, 0.15) is 34.5 Å². The highest BCUT2D eigenvalue weighted by Gasteiger charge is 2.14. The fourth-order valence-electron chi connectivity index (χ4n) is 2.99. The summed E-state index contributed by atoms with van der Waals surface area (Å²) in [7, 11) is 0. The van der Waals surface area contributed by atoms with Crippen LogP contribution in [0.2, 0.25) is 5.02 Å². The van der Waals surface area contributed by atoms with Crippen LogP contribution in [0.15, 0.2) is 73.6 Å². The van der Waals surface area contributed by atoms with Gasteiger partial charge in [-0.25, -0.2) is 9.67 Å². The minimum absolute atomic E-state index is 0.154. The third kappa shape index (κ3) is 4.35. The molecule has 1 N–H and O–H groups in total. The zero-order valence-corrected chi connectivity index (χ0v) is 16.5. The number of rotatable bonds is 6. The van der Waals surface area contributed by atoms with E-state index in [1.807, 2.05) is 55.5 Å². The van der Waals surface area contributed by atoms with E-state index in [2.05, 4.69) is 20.5 Å². The predicted molar refractivity (Wildman–Crippen MR) is 110 cm³/mol. The Bertz CT molecular complexity index is 1100. The molecule has 8 heteroatoms. The lowest BCUT2D eigenvalue weighted by atomic mass is 10.1. The van der Waals surface area contributed by atoms with Gasteiger partial charge in [-0.15, -0.1) is 0 Å². The average Bonchev–Trinajstić information content (AvgIpc) is 3.42. The molecule has 0 aliphatic rings. The third-order valence-electron chi connectivity index (χ3n) is 4.61. The molecule has 0 saturated heterocycles. The number of carbonyl (C=O) groups excluding carboxylic acids is 1. The monoisotopic (exact) mass is 406 g/mol. The number of nitrogens with one attached hydrogen (secondary N) is 1. The van der Waals surface area contributed by atoms with Crippen molar-refractivity contribution in [2.24, 2.45) is 0 Å². The molecule has 4 aromatic rings. The van der Waals surface area contributed by atoms with E-state index in [1.54, 1.807) is 28.1 Å². The van der Waals surface area contributed by atoms with Gasteiger partial charge in [0.2, 0.25) is 0 Å². The highest BCUT2D eigenvalue weighted by molar-refractivity contribution is 6.31. The smallest absolute Gasteiger partial charge is 0.254 e. The highest BCUT2D eigenvalue weighted by atomic mass is 35.5. The summed E-state index contributed by atoms with van der Waals surface area (Å²) in [6.45, 7) is 2.45. The Morgan fingerprint density at radius 3 is 2.66 bits per heavy atom. The van der Waals surface area contributed by atoms with Gasteiger partial charge in [0.05, 0.1) is 30.0 Å². The number of benzene rings is 2. The van der Waals surface area contributed by atoms with Crippen molar-refractivity contribution in [1.82, 2.24) is 29.9 Å². The van der Waals surface area contributed by atoms with Crippen molar-refractivity contribution < 1.29 is 4.79 Å². The zero-order chi connectivity index (χ0) is 20.2. The van der Waals surface area contributed by atoms with Crippen molar-refractivity contribution in [3.8, 4) is 5.69 Å². The van der Waals surface area contributed by atoms with Crippen molar-refractivity contribution in [3.63, 3.8) is 0 Å². The van der Waals surface area contributed by atoms with Gasteiger partial charge in [0.1, 0.15) is 12.7 Å². The predicted octanol–water partition coefficient (Wildman–Crippen LogP) is 3.66. The van der Waals surface area contributed by atoms with Crippen molar-refractivity contribution >= 4 is 17.5 Å². The SMILES string of the molecule is CC(NC(=O)c1cnn(Cc2ccccc2Cl)c1)c1ccc(-n2cncn2)cc1. The van der Waals surface area contributed by atoms with Crippen LogP contribution in [0, 0.1) is 0 Å². The van der Waals surface area contributed by atoms with Gasteiger partial charge >= 0.3 is 0 Å². The minimum atomic E-state index is -0.178. The number of aromatic nitrogens is 5. The lowest BCUT2D eigenvalue weighted by Crippen LogP contribution is -2.26. The zero-order valence-electron chi connectivity index (χ0n) is 15.7. The maximum Gasteiger partial charge on any atom is 0.254 e. The molecule has 0 spiro atoms. The summed E-state index contributed by atoms with van der Waals surface area (Å²) in [5.74, 6) is -0.178. The van der Waals surface area contributed by atoms with E-state index in [9.17, 15) is 4.79 Å². The van der Waals surface area contributed by atoms with E-state index in [-0.39, 0.29) is 11.9 Å². The molecule has 7 nitrogen and oxygen atoms in total. The van der Waals surface area contributed by atoms with Crippen molar-refractivity contribution in [3.05, 3.63) is 95.3 Å². The first-order valence-corrected chi connectivity index (χ1v) is 9.49. The van der Waals surface area contributed by atoms with E-state index in [4.69, 9.17) is 11.6 Å². The molecule has 0 fully saturated rings. The van der Waals surface area contributed by atoms with Gasteiger partial charge in [-0.05, 0) is 36.2 Å². The lowest BCUT2D eigenvalue weighted by molar-refractivity contribution is 0.0940. The summed E-state index contributed by atoms with van der Waals surface area (Å²) in [5, 5.41) is 12.1. The first kappa shape index (κ1) is 18.9. The number of hydrogen-bond acceptors (Lipinski definition) is 4. The van der Waals surface area contributed by atoms with Crippen LogP contribution in [0.4, 0.5) is 0 Å². The van der Waals surface area contributed by atoms with Gasteiger partial charge in [0.15, 0.2) is 0 Å². The molecular weight excluding hydrogens is 388 g/mol. The Labute approximate surface area is 173 Å². The molecule has 0 bridgehead atoms. The van der Waals surface area contributed by atoms with Crippen LogP contribution in [-0.4, -0.2) is 30.5 Å². The molecular formula is C21H19ClN6O. The quantitative estimate of drug-likeness (QED) is 0.530. The molecule has 2 aromatic carbocycles. The van der Waals surface area contributed by atoms with E-state index < -0.39 is 0 Å². The molecule has 0 aliphatic heterocycles. The largest absolute Gasteiger partial charge is 0.345 e. The fourth-order valence-corrected chi connectivity index (χ4v) is 3.18. The van der Waals surface area contributed by atoms with E-state index in [0.29, 0.717) is 17.1 Å². The minimum Gasteiger partial charge on any atom is -0.345 e. The van der Waals surface area contributed by atoms with Gasteiger partial charge < -0.3 is 5.32 Å². The molecule has 1 atom stereocenters. The van der Waals surface area contributed by atoms with Crippen LogP contribution in [-0.2, 0) is 6.54 Å². The van der Waals surface area contributed by atoms with E-state index in [0.717, 1.165) is 16.8 Å². The first-order chi connectivity index (χ1) is 14.1. The van der Waals surface area contributed by atoms with Gasteiger partial charge in [-0.3, -0.25) is 9.48 Å². The number of carbonyl (C=O) groups is 1. The molecule has 1 amide bonds. The summed E-state index contributed by atoms with van der Waals surface area (Å²) < 4.78 is 3.38. The Morgan fingerprint density at radius 2 is 1.93 bits per heavy atom. The number of halogens is 1. The van der Waals surface area contributed by atoms with Crippen LogP contribution >= 0.6 is 11.6 Å². The van der Waals surface area contributed by atoms with Crippen LogP contribution in [0.5, 0.6) is 0 Å². The van der Waals surface area contributed by atoms with Crippen molar-refractivity contribution in [1.29, 1.82) is 0 Å². The fraction of sp³-hybridized carbons (Fsp3) is 0.143. The second-order valence-electron chi connectivity index (χ2n) is 6.64. The maximum atomic E-state index is 12.6. The second-order valence-corrected chi connectivity index (χ2v) is 7.05. The summed E-state index contributed by atoms with van der Waals surface area (Å²) in [6.07, 6.45) is 6.41. The standard InChI is InChI=1S/C21H19ClN6O/c1-15(16-6-8-19(9-7-16)28-14-23-13-25-28)26-21(29)18-10-24-27(12-18)11-17-4-2-3-5-20(17)22/h2-10,12-15H,11H2,1H3,(H,26,29). The average molecular weight is 407 g/mol. The summed E-state index contributed by atoms with van der Waals surface area (Å²) in [4.78, 5) is 16.5. The number of nitrogens with zero attached hydrogens (tertiary/aromatic N) is 5. The molecule has 4 rings (SSSR count). The molecule has 0 radical (unpaired) electrons. The van der Waals surface area contributed by atoms with Gasteiger partial charge in [0.25, 0.3) is 5.91 Å². The molecule has 2 heterocycles. The molecule has 2 aromatic heterocycles. The normalized spacial score (nSPS) is 11.9. The maximum absolute atomic E-state index is 12.6. The van der Waals surface area contributed by atoms with Gasteiger partial charge in [0, 0.05) is 11.2 Å². The van der Waals surface area contributed by atoms with E-state index >= 15 is 0 Å². The van der Waals surface area contributed by atoms with Crippen LogP contribution < -0.4 is 5.32 Å². The van der Waals surface area contributed by atoms with Gasteiger partial charge in [-0.2, -0.15) is 10.2 Å². The third-order valence-corrected chi connectivity index (χ3v) is 4.98. The molecule has 0 saturated carbocycles. The lowest BCUT2D eigenvalue weighted by Gasteiger charge is -2.14. The summed E-state index contributed by atoms with van der Waals surface area (Å²) >= 11 is 6.19. The summed E-state index contributed by atoms with van der Waals surface area (Å²) in [6, 6.07) is 15.2. The number of hydrogen-bond donors (Lipinski definition) is 1. The van der Waals surface area contributed by atoms with Crippen LogP contribution in [0.25, 0.3) is 5.69 Å². The first-order valence-electron chi connectivity index (χ1n) is 9.12. The molecule has 29 heavy (non-hydrogen) atoms. The van der Waals surface area contributed by atoms with Crippen molar-refractivity contribution in [2.75, 3.05) is 0 Å². The summed E-state index contributed by atoms with van der Waals surface area (Å²) in [5.41, 5.74) is 3.35. The topological polar surface area (TPSA) is 77.6 Å². The second kappa shape index (κ2) is 8.28. The van der Waals surface area contributed by atoms with E-state index in [1.165, 1.54) is 6.33 Å². The van der Waals surface area contributed by atoms with Gasteiger partial charge in [-0.1, -0.05) is 41.9 Å². The van der Waals surface area contributed by atoms with Crippen molar-refractivity contribution in [2.45, 2.75) is 19.5 Å². The molecule has 146 valence electrons. The number of amides is 1. The Kier molecular flexibility index (Phi) is 5.39.